The first kappa shape index (κ1) is 23.6. The van der Waals surface area contributed by atoms with E-state index in [0.717, 1.165) is 47.6 Å². The van der Waals surface area contributed by atoms with Gasteiger partial charge in [-0.3, -0.25) is 4.99 Å². The van der Waals surface area contributed by atoms with Crippen molar-refractivity contribution in [3.05, 3.63) is 81.3 Å². The summed E-state index contributed by atoms with van der Waals surface area (Å²) in [4.78, 5) is 6.97. The minimum Gasteiger partial charge on any atom is -0.490 e. The first-order valence-corrected chi connectivity index (χ1v) is 12.1. The standard InChI is InChI=1S/C26H26BrClN2O3/c1-2-32-25-15-20(23(27)16-26(25)33-18-19-5-3-4-6-24(19)28)17-29-21-7-9-22(10-8-21)30-11-13-31-14-12-30/h3-10,15-17H,2,11-14,18H2,1H3. The highest BCUT2D eigenvalue weighted by molar-refractivity contribution is 9.10. The van der Waals surface area contributed by atoms with Gasteiger partial charge in [0.25, 0.3) is 0 Å². The molecule has 5 nitrogen and oxygen atoms in total. The van der Waals surface area contributed by atoms with Crippen molar-refractivity contribution in [1.82, 2.24) is 0 Å². The molecule has 33 heavy (non-hydrogen) atoms. The van der Waals surface area contributed by atoms with E-state index in [4.69, 9.17) is 25.8 Å². The van der Waals surface area contributed by atoms with Crippen LogP contribution >= 0.6 is 27.5 Å². The van der Waals surface area contributed by atoms with Crippen LogP contribution in [-0.2, 0) is 11.3 Å². The maximum absolute atomic E-state index is 6.26. The van der Waals surface area contributed by atoms with Gasteiger partial charge in [0.2, 0.25) is 0 Å². The lowest BCUT2D eigenvalue weighted by Gasteiger charge is -2.28. The highest BCUT2D eigenvalue weighted by atomic mass is 79.9. The Morgan fingerprint density at radius 2 is 1.76 bits per heavy atom. The maximum atomic E-state index is 6.26. The van der Waals surface area contributed by atoms with Crippen LogP contribution in [0.25, 0.3) is 0 Å². The van der Waals surface area contributed by atoms with Gasteiger partial charge in [-0.15, -0.1) is 0 Å². The number of halogens is 2. The van der Waals surface area contributed by atoms with Gasteiger partial charge in [-0.1, -0.05) is 29.8 Å². The summed E-state index contributed by atoms with van der Waals surface area (Å²) in [5, 5.41) is 0.679. The Kier molecular flexibility index (Phi) is 8.26. The Hall–Kier alpha value is -2.54. The third kappa shape index (κ3) is 6.28. The highest BCUT2D eigenvalue weighted by Gasteiger charge is 2.12. The normalized spacial score (nSPS) is 14.0. The Labute approximate surface area is 208 Å². The molecule has 0 radical (unpaired) electrons. The smallest absolute Gasteiger partial charge is 0.162 e. The molecule has 0 saturated carbocycles. The summed E-state index contributed by atoms with van der Waals surface area (Å²) in [6.45, 7) is 6.21. The summed E-state index contributed by atoms with van der Waals surface area (Å²) < 4.78 is 18.2. The van der Waals surface area contributed by atoms with Gasteiger partial charge in [0.15, 0.2) is 11.5 Å². The molecule has 7 heteroatoms. The van der Waals surface area contributed by atoms with Crippen molar-refractivity contribution in [1.29, 1.82) is 0 Å². The molecule has 3 aromatic rings. The number of hydrogen-bond donors (Lipinski definition) is 0. The maximum Gasteiger partial charge on any atom is 0.162 e. The minimum atomic E-state index is 0.356. The van der Waals surface area contributed by atoms with Gasteiger partial charge in [0.05, 0.1) is 25.5 Å². The summed E-state index contributed by atoms with van der Waals surface area (Å²) in [5.41, 5.74) is 3.90. The third-order valence-corrected chi connectivity index (χ3v) is 6.34. The first-order chi connectivity index (χ1) is 16.1. The number of morpholine rings is 1. The van der Waals surface area contributed by atoms with Crippen molar-refractivity contribution in [3.63, 3.8) is 0 Å². The molecule has 0 amide bonds. The van der Waals surface area contributed by atoms with E-state index >= 15 is 0 Å². The van der Waals surface area contributed by atoms with Crippen molar-refractivity contribution in [3.8, 4) is 11.5 Å². The van der Waals surface area contributed by atoms with Gasteiger partial charge < -0.3 is 19.1 Å². The molecule has 1 heterocycles. The molecule has 0 spiro atoms. The summed E-state index contributed by atoms with van der Waals surface area (Å²) in [6, 6.07) is 19.7. The fraction of sp³-hybridized carbons (Fsp3) is 0.269. The minimum absolute atomic E-state index is 0.356. The second-order valence-electron chi connectivity index (χ2n) is 7.51. The zero-order valence-corrected chi connectivity index (χ0v) is 20.8. The van der Waals surface area contributed by atoms with E-state index in [1.807, 2.05) is 61.7 Å². The fourth-order valence-corrected chi connectivity index (χ4v) is 4.13. The molecule has 4 rings (SSSR count). The first-order valence-electron chi connectivity index (χ1n) is 10.9. The SMILES string of the molecule is CCOc1cc(C=Nc2ccc(N3CCOCC3)cc2)c(Br)cc1OCc1ccccc1Cl. The third-order valence-electron chi connectivity index (χ3n) is 5.28. The quantitative estimate of drug-likeness (QED) is 0.306. The van der Waals surface area contributed by atoms with Crippen molar-refractivity contribution in [2.75, 3.05) is 37.8 Å². The zero-order chi connectivity index (χ0) is 23.0. The Bertz CT molecular complexity index is 1100. The molecule has 0 bridgehead atoms. The molecule has 0 atom stereocenters. The molecular weight excluding hydrogens is 504 g/mol. The molecule has 1 aliphatic rings. The van der Waals surface area contributed by atoms with Gasteiger partial charge in [-0.25, -0.2) is 0 Å². The number of rotatable bonds is 8. The second kappa shape index (κ2) is 11.5. The number of benzene rings is 3. The molecule has 0 aliphatic carbocycles. The zero-order valence-electron chi connectivity index (χ0n) is 18.5. The summed E-state index contributed by atoms with van der Waals surface area (Å²) in [6.07, 6.45) is 1.83. The van der Waals surface area contributed by atoms with Crippen molar-refractivity contribution in [2.24, 2.45) is 4.99 Å². The van der Waals surface area contributed by atoms with Crippen LogP contribution in [-0.4, -0.2) is 39.1 Å². The molecule has 172 valence electrons. The van der Waals surface area contributed by atoms with Gasteiger partial charge in [-0.2, -0.15) is 0 Å². The van der Waals surface area contributed by atoms with Gasteiger partial charge >= 0.3 is 0 Å². The number of nitrogens with zero attached hydrogens (tertiary/aromatic N) is 2. The van der Waals surface area contributed by atoms with Gasteiger partial charge in [-0.05, 0) is 65.3 Å². The monoisotopic (exact) mass is 528 g/mol. The largest absolute Gasteiger partial charge is 0.490 e. The molecule has 1 fully saturated rings. The van der Waals surface area contributed by atoms with E-state index < -0.39 is 0 Å². The summed E-state index contributed by atoms with van der Waals surface area (Å²) in [5.74, 6) is 1.31. The highest BCUT2D eigenvalue weighted by Crippen LogP contribution is 2.34. The van der Waals surface area contributed by atoms with Crippen LogP contribution in [0, 0.1) is 0 Å². The molecule has 1 saturated heterocycles. The number of hydrogen-bond acceptors (Lipinski definition) is 5. The van der Waals surface area contributed by atoms with E-state index in [0.29, 0.717) is 29.7 Å². The lowest BCUT2D eigenvalue weighted by atomic mass is 10.2. The lowest BCUT2D eigenvalue weighted by molar-refractivity contribution is 0.122. The molecule has 0 aromatic heterocycles. The fourth-order valence-electron chi connectivity index (χ4n) is 3.52. The van der Waals surface area contributed by atoms with E-state index in [2.05, 4.69) is 38.0 Å². The Morgan fingerprint density at radius 3 is 2.48 bits per heavy atom. The summed E-state index contributed by atoms with van der Waals surface area (Å²) in [7, 11) is 0. The van der Waals surface area contributed by atoms with Crippen molar-refractivity contribution < 1.29 is 14.2 Å². The van der Waals surface area contributed by atoms with E-state index in [1.54, 1.807) is 0 Å². The van der Waals surface area contributed by atoms with Crippen LogP contribution in [0.15, 0.2) is 70.1 Å². The van der Waals surface area contributed by atoms with Crippen molar-refractivity contribution in [2.45, 2.75) is 13.5 Å². The molecule has 1 aliphatic heterocycles. The van der Waals surface area contributed by atoms with Crippen molar-refractivity contribution >= 4 is 45.1 Å². The van der Waals surface area contributed by atoms with Crippen LogP contribution in [0.5, 0.6) is 11.5 Å². The Balaban J connectivity index is 1.48. The van der Waals surface area contributed by atoms with Crippen LogP contribution in [0.3, 0.4) is 0 Å². The molecule has 3 aromatic carbocycles. The number of aliphatic imine (C=N–C) groups is 1. The van der Waals surface area contributed by atoms with Gasteiger partial charge in [0, 0.05) is 45.6 Å². The average Bonchev–Trinajstić information content (AvgIpc) is 2.85. The lowest BCUT2D eigenvalue weighted by Crippen LogP contribution is -2.36. The van der Waals surface area contributed by atoms with Crippen LogP contribution in [0.1, 0.15) is 18.1 Å². The van der Waals surface area contributed by atoms with E-state index in [-0.39, 0.29) is 0 Å². The summed E-state index contributed by atoms with van der Waals surface area (Å²) >= 11 is 9.89. The molecular formula is C26H26BrClN2O3. The predicted molar refractivity (Wildman–Crippen MR) is 138 cm³/mol. The molecule has 0 N–H and O–H groups in total. The predicted octanol–water partition coefficient (Wildman–Crippen LogP) is 6.67. The number of ether oxygens (including phenoxy) is 3. The van der Waals surface area contributed by atoms with E-state index in [1.165, 1.54) is 5.69 Å². The topological polar surface area (TPSA) is 43.3 Å². The second-order valence-corrected chi connectivity index (χ2v) is 8.77. The van der Waals surface area contributed by atoms with Crippen LogP contribution in [0.2, 0.25) is 5.02 Å². The van der Waals surface area contributed by atoms with Gasteiger partial charge in [0.1, 0.15) is 6.61 Å². The Morgan fingerprint density at radius 1 is 1.03 bits per heavy atom. The van der Waals surface area contributed by atoms with Crippen LogP contribution < -0.4 is 14.4 Å². The molecule has 0 unspecified atom stereocenters. The van der Waals surface area contributed by atoms with E-state index in [9.17, 15) is 0 Å². The average molecular weight is 530 g/mol. The number of anilines is 1. The van der Waals surface area contributed by atoms with Crippen LogP contribution in [0.4, 0.5) is 11.4 Å².